The second kappa shape index (κ2) is 7.18. The van der Waals surface area contributed by atoms with Gasteiger partial charge in [0.2, 0.25) is 0 Å². The summed E-state index contributed by atoms with van der Waals surface area (Å²) in [4.78, 5) is 4.24. The summed E-state index contributed by atoms with van der Waals surface area (Å²) in [5.74, 6) is 0.387. The van der Waals surface area contributed by atoms with Gasteiger partial charge in [0.15, 0.2) is 0 Å². The molecule has 7 heteroatoms. The van der Waals surface area contributed by atoms with E-state index < -0.39 is 12.6 Å². The first-order valence-electron chi connectivity index (χ1n) is 5.15. The Morgan fingerprint density at radius 1 is 1.35 bits per heavy atom. The molecule has 0 radical (unpaired) electrons. The zero-order chi connectivity index (χ0) is 12.7. The summed E-state index contributed by atoms with van der Waals surface area (Å²) in [6.07, 6.45) is -3.63. The fourth-order valence-corrected chi connectivity index (χ4v) is 2.21. The SMILES string of the molecule is FC(F)(F)CCOCCCc1nc(CCl)cs1. The van der Waals surface area contributed by atoms with Gasteiger partial charge < -0.3 is 4.74 Å². The van der Waals surface area contributed by atoms with E-state index in [0.29, 0.717) is 25.3 Å². The van der Waals surface area contributed by atoms with Gasteiger partial charge in [0.1, 0.15) is 0 Å². The van der Waals surface area contributed by atoms with Crippen LogP contribution in [0.5, 0.6) is 0 Å². The molecule has 0 N–H and O–H groups in total. The minimum absolute atomic E-state index is 0.270. The molecule has 1 aromatic rings. The molecule has 0 saturated carbocycles. The van der Waals surface area contributed by atoms with Crippen molar-refractivity contribution in [3.05, 3.63) is 16.1 Å². The molecule has 1 heterocycles. The van der Waals surface area contributed by atoms with Gasteiger partial charge in [-0.3, -0.25) is 0 Å². The summed E-state index contributed by atoms with van der Waals surface area (Å²) in [6, 6.07) is 0. The lowest BCUT2D eigenvalue weighted by Gasteiger charge is -2.06. The lowest BCUT2D eigenvalue weighted by atomic mass is 10.3. The molecule has 0 spiro atoms. The molecule has 2 nitrogen and oxygen atoms in total. The number of ether oxygens (including phenoxy) is 1. The minimum atomic E-state index is -4.13. The lowest BCUT2D eigenvalue weighted by Crippen LogP contribution is -2.12. The van der Waals surface area contributed by atoms with Crippen LogP contribution < -0.4 is 0 Å². The average molecular weight is 288 g/mol. The van der Waals surface area contributed by atoms with E-state index in [0.717, 1.165) is 10.7 Å². The van der Waals surface area contributed by atoms with Crippen LogP contribution in [0.25, 0.3) is 0 Å². The number of rotatable bonds is 7. The van der Waals surface area contributed by atoms with E-state index in [2.05, 4.69) is 4.98 Å². The summed E-state index contributed by atoms with van der Waals surface area (Å²) in [6.45, 7) is 0.0557. The summed E-state index contributed by atoms with van der Waals surface area (Å²) in [5.41, 5.74) is 0.838. The van der Waals surface area contributed by atoms with Crippen LogP contribution in [0.2, 0.25) is 0 Å². The maximum Gasteiger partial charge on any atom is 0.391 e. The van der Waals surface area contributed by atoms with Crippen LogP contribution in [-0.2, 0) is 17.0 Å². The molecule has 1 rings (SSSR count). The van der Waals surface area contributed by atoms with Crippen LogP contribution in [0.4, 0.5) is 13.2 Å². The Hall–Kier alpha value is -0.330. The number of thiazole rings is 1. The van der Waals surface area contributed by atoms with Crippen molar-refractivity contribution in [3.63, 3.8) is 0 Å². The van der Waals surface area contributed by atoms with Crippen molar-refractivity contribution in [2.75, 3.05) is 13.2 Å². The van der Waals surface area contributed by atoms with Crippen molar-refractivity contribution in [2.45, 2.75) is 31.3 Å². The van der Waals surface area contributed by atoms with E-state index in [1.807, 2.05) is 5.38 Å². The highest BCUT2D eigenvalue weighted by Gasteiger charge is 2.26. The quantitative estimate of drug-likeness (QED) is 0.562. The van der Waals surface area contributed by atoms with Gasteiger partial charge >= 0.3 is 6.18 Å². The van der Waals surface area contributed by atoms with E-state index in [-0.39, 0.29) is 6.61 Å². The van der Waals surface area contributed by atoms with Gasteiger partial charge in [-0.05, 0) is 6.42 Å². The first-order valence-corrected chi connectivity index (χ1v) is 6.56. The van der Waals surface area contributed by atoms with E-state index >= 15 is 0 Å². The van der Waals surface area contributed by atoms with E-state index in [1.54, 1.807) is 0 Å². The third-order valence-electron chi connectivity index (χ3n) is 1.95. The predicted octanol–water partition coefficient (Wildman–Crippen LogP) is 3.78. The lowest BCUT2D eigenvalue weighted by molar-refractivity contribution is -0.145. The molecule has 98 valence electrons. The molecule has 0 aliphatic carbocycles. The minimum Gasteiger partial charge on any atom is -0.381 e. The Kier molecular flexibility index (Phi) is 6.22. The molecule has 0 aliphatic heterocycles. The molecule has 17 heavy (non-hydrogen) atoms. The van der Waals surface area contributed by atoms with Crippen molar-refractivity contribution < 1.29 is 17.9 Å². The predicted molar refractivity (Wildman–Crippen MR) is 61.5 cm³/mol. The Labute approximate surface area is 107 Å². The molecule has 0 atom stereocenters. The van der Waals surface area contributed by atoms with Crippen LogP contribution in [0.1, 0.15) is 23.5 Å². The zero-order valence-corrected chi connectivity index (χ0v) is 10.7. The number of hydrogen-bond donors (Lipinski definition) is 0. The second-order valence-corrected chi connectivity index (χ2v) is 4.66. The van der Waals surface area contributed by atoms with E-state index in [4.69, 9.17) is 16.3 Å². The number of halogens is 4. The van der Waals surface area contributed by atoms with Gasteiger partial charge in [-0.15, -0.1) is 22.9 Å². The van der Waals surface area contributed by atoms with Gasteiger partial charge in [0.05, 0.1) is 29.6 Å². The van der Waals surface area contributed by atoms with Gasteiger partial charge in [-0.2, -0.15) is 13.2 Å². The molecule has 0 aliphatic rings. The number of aromatic nitrogens is 1. The molecule has 0 aromatic carbocycles. The largest absolute Gasteiger partial charge is 0.391 e. The molecule has 0 bridgehead atoms. The highest BCUT2D eigenvalue weighted by atomic mass is 35.5. The Balaban J connectivity index is 2.04. The van der Waals surface area contributed by atoms with Crippen molar-refractivity contribution in [1.82, 2.24) is 4.98 Å². The zero-order valence-electron chi connectivity index (χ0n) is 9.10. The van der Waals surface area contributed by atoms with Crippen LogP contribution in [0, 0.1) is 0 Å². The average Bonchev–Trinajstić information content (AvgIpc) is 2.69. The topological polar surface area (TPSA) is 22.1 Å². The van der Waals surface area contributed by atoms with Gasteiger partial charge in [0, 0.05) is 18.4 Å². The van der Waals surface area contributed by atoms with Gasteiger partial charge in [-0.25, -0.2) is 4.98 Å². The summed E-state index contributed by atoms with van der Waals surface area (Å²) in [5, 5.41) is 2.83. The van der Waals surface area contributed by atoms with Crippen molar-refractivity contribution in [1.29, 1.82) is 0 Å². The standard InChI is InChI=1S/C10H13ClF3NOS/c11-6-8-7-17-9(15-8)2-1-4-16-5-3-10(12,13)14/h7H,1-6H2. The Bertz CT molecular complexity index is 330. The van der Waals surface area contributed by atoms with Crippen molar-refractivity contribution in [3.8, 4) is 0 Å². The smallest absolute Gasteiger partial charge is 0.381 e. The number of hydrogen-bond acceptors (Lipinski definition) is 3. The summed E-state index contributed by atoms with van der Waals surface area (Å²) < 4.78 is 40.2. The molecular formula is C10H13ClF3NOS. The summed E-state index contributed by atoms with van der Waals surface area (Å²) >= 11 is 7.11. The number of nitrogens with zero attached hydrogens (tertiary/aromatic N) is 1. The molecule has 0 amide bonds. The molecule has 0 saturated heterocycles. The first kappa shape index (κ1) is 14.7. The van der Waals surface area contributed by atoms with Crippen molar-refractivity contribution >= 4 is 22.9 Å². The molecule has 0 unspecified atom stereocenters. The maximum absolute atomic E-state index is 11.8. The fraction of sp³-hybridized carbons (Fsp3) is 0.700. The number of aryl methyl sites for hydroxylation is 1. The Morgan fingerprint density at radius 2 is 2.12 bits per heavy atom. The van der Waals surface area contributed by atoms with Crippen LogP contribution in [-0.4, -0.2) is 24.4 Å². The number of alkyl halides is 4. The fourth-order valence-electron chi connectivity index (χ4n) is 1.14. The molecule has 1 aromatic heterocycles. The third-order valence-corrected chi connectivity index (χ3v) is 3.18. The normalized spacial score (nSPS) is 12.0. The van der Waals surface area contributed by atoms with Gasteiger partial charge in [0.25, 0.3) is 0 Å². The van der Waals surface area contributed by atoms with Crippen LogP contribution >= 0.6 is 22.9 Å². The summed E-state index contributed by atoms with van der Waals surface area (Å²) in [7, 11) is 0. The highest BCUT2D eigenvalue weighted by molar-refractivity contribution is 7.09. The maximum atomic E-state index is 11.8. The van der Waals surface area contributed by atoms with E-state index in [1.165, 1.54) is 11.3 Å². The van der Waals surface area contributed by atoms with Gasteiger partial charge in [-0.1, -0.05) is 0 Å². The Morgan fingerprint density at radius 3 is 2.71 bits per heavy atom. The van der Waals surface area contributed by atoms with Crippen LogP contribution in [0.3, 0.4) is 0 Å². The third kappa shape index (κ3) is 6.85. The molecular weight excluding hydrogens is 275 g/mol. The van der Waals surface area contributed by atoms with E-state index in [9.17, 15) is 13.2 Å². The van der Waals surface area contributed by atoms with Crippen molar-refractivity contribution in [2.24, 2.45) is 0 Å². The first-order chi connectivity index (χ1) is 8.01. The van der Waals surface area contributed by atoms with Crippen LogP contribution in [0.15, 0.2) is 5.38 Å². The monoisotopic (exact) mass is 287 g/mol. The highest BCUT2D eigenvalue weighted by Crippen LogP contribution is 2.19. The second-order valence-electron chi connectivity index (χ2n) is 3.45. The molecule has 0 fully saturated rings.